The van der Waals surface area contributed by atoms with Gasteiger partial charge in [-0.25, -0.2) is 0 Å². The standard InChI is InChI=1S/C22H35N3O/c1-6-25(21(3,4)5)14-19(13-23)20(26)24-15(2)22-10-16-7-17(11-22)9-18(8-16)12-22/h14-18H,6-12H2,1-5H3,(H,24,26)/b19-14-. The largest absolute Gasteiger partial charge is 0.372 e. The monoisotopic (exact) mass is 357 g/mol. The minimum atomic E-state index is -0.210. The zero-order valence-electron chi connectivity index (χ0n) is 17.1. The van der Waals surface area contributed by atoms with Crippen LogP contribution in [0.4, 0.5) is 0 Å². The first-order valence-corrected chi connectivity index (χ1v) is 10.4. The minimum Gasteiger partial charge on any atom is -0.372 e. The highest BCUT2D eigenvalue weighted by molar-refractivity contribution is 5.97. The second-order valence-electron chi connectivity index (χ2n) is 10.1. The van der Waals surface area contributed by atoms with Crippen LogP contribution in [-0.4, -0.2) is 28.9 Å². The molecule has 1 unspecified atom stereocenters. The summed E-state index contributed by atoms with van der Waals surface area (Å²) in [6.45, 7) is 11.3. The average Bonchev–Trinajstić information content (AvgIpc) is 2.53. The number of carbonyl (C=O) groups is 1. The molecule has 4 rings (SSSR count). The van der Waals surface area contributed by atoms with Crippen molar-refractivity contribution in [2.75, 3.05) is 6.54 Å². The molecule has 4 aliphatic carbocycles. The van der Waals surface area contributed by atoms with Gasteiger partial charge in [-0.15, -0.1) is 0 Å². The summed E-state index contributed by atoms with van der Waals surface area (Å²) in [5, 5.41) is 12.8. The van der Waals surface area contributed by atoms with Gasteiger partial charge in [0.2, 0.25) is 0 Å². The molecule has 0 heterocycles. The molecule has 0 aliphatic heterocycles. The Labute approximate surface area is 159 Å². The summed E-state index contributed by atoms with van der Waals surface area (Å²) in [4.78, 5) is 14.9. The maximum atomic E-state index is 12.8. The van der Waals surface area contributed by atoms with Gasteiger partial charge in [0, 0.05) is 24.3 Å². The first-order chi connectivity index (χ1) is 12.2. The number of nitrogens with one attached hydrogen (secondary N) is 1. The summed E-state index contributed by atoms with van der Waals surface area (Å²) in [6.07, 6.45) is 9.72. The smallest absolute Gasteiger partial charge is 0.263 e. The van der Waals surface area contributed by atoms with E-state index in [4.69, 9.17) is 0 Å². The second kappa shape index (κ2) is 6.91. The van der Waals surface area contributed by atoms with Gasteiger partial charge in [0.15, 0.2) is 0 Å². The van der Waals surface area contributed by atoms with Crippen molar-refractivity contribution in [3.05, 3.63) is 11.8 Å². The fourth-order valence-corrected chi connectivity index (χ4v) is 6.19. The Hall–Kier alpha value is -1.50. The fourth-order valence-electron chi connectivity index (χ4n) is 6.19. The van der Waals surface area contributed by atoms with Crippen LogP contribution in [0.2, 0.25) is 0 Å². The van der Waals surface area contributed by atoms with E-state index in [2.05, 4.69) is 44.0 Å². The van der Waals surface area contributed by atoms with E-state index in [1.807, 2.05) is 6.92 Å². The maximum Gasteiger partial charge on any atom is 0.263 e. The Balaban J connectivity index is 1.71. The molecule has 4 aliphatic rings. The lowest BCUT2D eigenvalue weighted by Crippen LogP contribution is -2.56. The normalized spacial score (nSPS) is 34.3. The van der Waals surface area contributed by atoms with Crippen LogP contribution < -0.4 is 5.32 Å². The van der Waals surface area contributed by atoms with Crippen LogP contribution in [-0.2, 0) is 4.79 Å². The number of hydrogen-bond acceptors (Lipinski definition) is 3. The van der Waals surface area contributed by atoms with E-state index in [-0.39, 0.29) is 28.5 Å². The van der Waals surface area contributed by atoms with Crippen molar-refractivity contribution in [1.29, 1.82) is 5.26 Å². The maximum absolute atomic E-state index is 12.8. The van der Waals surface area contributed by atoms with E-state index >= 15 is 0 Å². The van der Waals surface area contributed by atoms with Gasteiger partial charge in [-0.3, -0.25) is 4.79 Å². The van der Waals surface area contributed by atoms with E-state index in [0.29, 0.717) is 0 Å². The molecule has 0 radical (unpaired) electrons. The lowest BCUT2D eigenvalue weighted by Gasteiger charge is -2.59. The quantitative estimate of drug-likeness (QED) is 0.591. The van der Waals surface area contributed by atoms with Crippen molar-refractivity contribution >= 4 is 5.91 Å². The Morgan fingerprint density at radius 2 is 1.73 bits per heavy atom. The Morgan fingerprint density at radius 1 is 1.23 bits per heavy atom. The van der Waals surface area contributed by atoms with Gasteiger partial charge in [-0.05, 0) is 96.3 Å². The third kappa shape index (κ3) is 3.63. The molecule has 0 aromatic rings. The lowest BCUT2D eigenvalue weighted by molar-refractivity contribution is -0.122. The number of nitriles is 1. The molecule has 4 saturated carbocycles. The van der Waals surface area contributed by atoms with Gasteiger partial charge in [0.1, 0.15) is 11.6 Å². The van der Waals surface area contributed by atoms with E-state index in [0.717, 1.165) is 24.3 Å². The highest BCUT2D eigenvalue weighted by Crippen LogP contribution is 2.61. The molecule has 1 amide bonds. The molecule has 0 saturated heterocycles. The molecule has 26 heavy (non-hydrogen) atoms. The topological polar surface area (TPSA) is 56.1 Å². The SMILES string of the molecule is CCN(/C=C(/C#N)C(=O)NC(C)C12CC3CC(CC(C3)C1)C2)C(C)(C)C. The molecule has 0 aromatic heterocycles. The predicted molar refractivity (Wildman–Crippen MR) is 104 cm³/mol. The first-order valence-electron chi connectivity index (χ1n) is 10.4. The molecule has 0 spiro atoms. The Bertz CT molecular complexity index is 587. The number of rotatable bonds is 5. The summed E-state index contributed by atoms with van der Waals surface area (Å²) in [7, 11) is 0. The third-order valence-corrected chi connectivity index (χ3v) is 7.20. The van der Waals surface area contributed by atoms with E-state index in [1.54, 1.807) is 6.20 Å². The molecule has 1 atom stereocenters. The van der Waals surface area contributed by atoms with Crippen LogP contribution in [0.25, 0.3) is 0 Å². The van der Waals surface area contributed by atoms with Crippen molar-refractivity contribution in [3.8, 4) is 6.07 Å². The highest BCUT2D eigenvalue weighted by atomic mass is 16.1. The van der Waals surface area contributed by atoms with Crippen LogP contribution in [0, 0.1) is 34.5 Å². The van der Waals surface area contributed by atoms with E-state index in [1.165, 1.54) is 38.5 Å². The molecule has 4 bridgehead atoms. The van der Waals surface area contributed by atoms with Crippen LogP contribution in [0.3, 0.4) is 0 Å². The van der Waals surface area contributed by atoms with Gasteiger partial charge < -0.3 is 10.2 Å². The Kier molecular flexibility index (Phi) is 5.12. The fraction of sp³-hybridized carbons (Fsp3) is 0.818. The van der Waals surface area contributed by atoms with Crippen molar-refractivity contribution in [3.63, 3.8) is 0 Å². The number of hydrogen-bond donors (Lipinski definition) is 1. The van der Waals surface area contributed by atoms with Gasteiger partial charge >= 0.3 is 0 Å². The second-order valence-corrected chi connectivity index (χ2v) is 10.1. The third-order valence-electron chi connectivity index (χ3n) is 7.20. The Morgan fingerprint density at radius 3 is 2.12 bits per heavy atom. The zero-order valence-corrected chi connectivity index (χ0v) is 17.1. The van der Waals surface area contributed by atoms with Gasteiger partial charge in [-0.1, -0.05) is 0 Å². The molecule has 4 fully saturated rings. The summed E-state index contributed by atoms with van der Waals surface area (Å²) in [5.41, 5.74) is 0.376. The summed E-state index contributed by atoms with van der Waals surface area (Å²) >= 11 is 0. The number of amides is 1. The molecule has 4 heteroatoms. The van der Waals surface area contributed by atoms with E-state index < -0.39 is 0 Å². The summed E-state index contributed by atoms with van der Waals surface area (Å²) < 4.78 is 0. The number of nitrogens with zero attached hydrogens (tertiary/aromatic N) is 2. The zero-order chi connectivity index (χ0) is 19.1. The highest BCUT2D eigenvalue weighted by Gasteiger charge is 2.53. The summed E-state index contributed by atoms with van der Waals surface area (Å²) in [5.74, 6) is 2.38. The molecular weight excluding hydrogens is 322 g/mol. The van der Waals surface area contributed by atoms with Gasteiger partial charge in [-0.2, -0.15) is 5.26 Å². The average molecular weight is 358 g/mol. The van der Waals surface area contributed by atoms with Gasteiger partial charge in [0.05, 0.1) is 0 Å². The van der Waals surface area contributed by atoms with Crippen LogP contribution in [0.1, 0.15) is 73.1 Å². The first kappa shape index (κ1) is 19.3. The van der Waals surface area contributed by atoms with Crippen LogP contribution in [0.15, 0.2) is 11.8 Å². The van der Waals surface area contributed by atoms with Crippen LogP contribution in [0.5, 0.6) is 0 Å². The van der Waals surface area contributed by atoms with Crippen molar-refractivity contribution in [2.45, 2.75) is 84.7 Å². The number of carbonyl (C=O) groups excluding carboxylic acids is 1. The van der Waals surface area contributed by atoms with Crippen molar-refractivity contribution < 1.29 is 4.79 Å². The van der Waals surface area contributed by atoms with Crippen molar-refractivity contribution in [1.82, 2.24) is 10.2 Å². The molecule has 1 N–H and O–H groups in total. The lowest BCUT2D eigenvalue weighted by atomic mass is 9.48. The molecule has 144 valence electrons. The predicted octanol–water partition coefficient (Wildman–Crippen LogP) is 4.24. The van der Waals surface area contributed by atoms with Crippen LogP contribution >= 0.6 is 0 Å². The van der Waals surface area contributed by atoms with Gasteiger partial charge in [0.25, 0.3) is 5.91 Å². The van der Waals surface area contributed by atoms with E-state index in [9.17, 15) is 10.1 Å². The molecule has 4 nitrogen and oxygen atoms in total. The molecule has 0 aromatic carbocycles. The summed E-state index contributed by atoms with van der Waals surface area (Å²) in [6, 6.07) is 2.27. The van der Waals surface area contributed by atoms with Crippen molar-refractivity contribution in [2.24, 2.45) is 23.2 Å². The minimum absolute atomic E-state index is 0.108. The molecular formula is C22H35N3O.